The SMILES string of the molecule is O=S(=O)(c1cccc2ccccc12)N1CCOC(c2ccccc2)C1. The van der Waals surface area contributed by atoms with E-state index in [9.17, 15) is 8.42 Å². The van der Waals surface area contributed by atoms with Crippen molar-refractivity contribution < 1.29 is 13.2 Å². The summed E-state index contributed by atoms with van der Waals surface area (Å²) >= 11 is 0. The van der Waals surface area contributed by atoms with Gasteiger partial charge in [-0.3, -0.25) is 0 Å². The van der Waals surface area contributed by atoms with Crippen molar-refractivity contribution in [3.63, 3.8) is 0 Å². The van der Waals surface area contributed by atoms with Gasteiger partial charge >= 0.3 is 0 Å². The molecule has 4 nitrogen and oxygen atoms in total. The Bertz CT molecular complexity index is 981. The van der Waals surface area contributed by atoms with Crippen LogP contribution in [-0.4, -0.2) is 32.4 Å². The number of benzene rings is 3. The van der Waals surface area contributed by atoms with Gasteiger partial charge in [0.2, 0.25) is 10.0 Å². The number of nitrogens with zero attached hydrogens (tertiary/aromatic N) is 1. The molecule has 0 aliphatic carbocycles. The van der Waals surface area contributed by atoms with E-state index in [1.807, 2.05) is 60.7 Å². The molecule has 0 saturated carbocycles. The molecule has 1 fully saturated rings. The third-order valence-electron chi connectivity index (χ3n) is 4.57. The first-order valence-corrected chi connectivity index (χ1v) is 9.75. The van der Waals surface area contributed by atoms with Crippen LogP contribution in [0, 0.1) is 0 Å². The molecule has 1 aliphatic heterocycles. The van der Waals surface area contributed by atoms with Crippen LogP contribution in [-0.2, 0) is 14.8 Å². The van der Waals surface area contributed by atoms with Crippen molar-refractivity contribution in [3.05, 3.63) is 78.4 Å². The van der Waals surface area contributed by atoms with Gasteiger partial charge in [0.15, 0.2) is 0 Å². The zero-order valence-electron chi connectivity index (χ0n) is 13.7. The van der Waals surface area contributed by atoms with E-state index in [-0.39, 0.29) is 6.10 Å². The van der Waals surface area contributed by atoms with E-state index in [4.69, 9.17) is 4.74 Å². The molecule has 4 rings (SSSR count). The molecule has 3 aromatic rings. The maximum absolute atomic E-state index is 13.2. The maximum Gasteiger partial charge on any atom is 0.243 e. The largest absolute Gasteiger partial charge is 0.371 e. The van der Waals surface area contributed by atoms with Gasteiger partial charge in [0.25, 0.3) is 0 Å². The summed E-state index contributed by atoms with van der Waals surface area (Å²) in [4.78, 5) is 0.360. The number of hydrogen-bond acceptors (Lipinski definition) is 3. The summed E-state index contributed by atoms with van der Waals surface area (Å²) in [5.41, 5.74) is 1.00. The zero-order valence-corrected chi connectivity index (χ0v) is 14.5. The molecule has 1 unspecified atom stereocenters. The van der Waals surface area contributed by atoms with Crippen molar-refractivity contribution >= 4 is 20.8 Å². The van der Waals surface area contributed by atoms with Gasteiger partial charge in [-0.2, -0.15) is 4.31 Å². The molecule has 128 valence electrons. The Balaban J connectivity index is 1.70. The zero-order chi connectivity index (χ0) is 17.3. The van der Waals surface area contributed by atoms with Crippen molar-refractivity contribution in [2.24, 2.45) is 0 Å². The summed E-state index contributed by atoms with van der Waals surface area (Å²) in [7, 11) is -3.58. The van der Waals surface area contributed by atoms with Crippen molar-refractivity contribution in [1.82, 2.24) is 4.31 Å². The summed E-state index contributed by atoms with van der Waals surface area (Å²) in [6.45, 7) is 1.09. The highest BCUT2D eigenvalue weighted by molar-refractivity contribution is 7.89. The highest BCUT2D eigenvalue weighted by Crippen LogP contribution is 2.29. The average Bonchev–Trinajstić information content (AvgIpc) is 2.68. The average molecular weight is 353 g/mol. The first-order valence-electron chi connectivity index (χ1n) is 8.31. The van der Waals surface area contributed by atoms with Crippen molar-refractivity contribution in [3.8, 4) is 0 Å². The third-order valence-corrected chi connectivity index (χ3v) is 6.49. The smallest absolute Gasteiger partial charge is 0.243 e. The van der Waals surface area contributed by atoms with Crippen LogP contribution in [0.25, 0.3) is 10.8 Å². The number of fused-ring (bicyclic) bond motifs is 1. The van der Waals surface area contributed by atoms with Gasteiger partial charge < -0.3 is 4.74 Å². The van der Waals surface area contributed by atoms with Crippen molar-refractivity contribution in [2.45, 2.75) is 11.0 Å². The highest BCUT2D eigenvalue weighted by Gasteiger charge is 2.32. The first-order chi connectivity index (χ1) is 12.2. The number of rotatable bonds is 3. The lowest BCUT2D eigenvalue weighted by atomic mass is 10.1. The lowest BCUT2D eigenvalue weighted by Gasteiger charge is -2.32. The molecule has 1 saturated heterocycles. The molecule has 0 radical (unpaired) electrons. The molecule has 5 heteroatoms. The van der Waals surface area contributed by atoms with Gasteiger partial charge in [-0.25, -0.2) is 8.42 Å². The van der Waals surface area contributed by atoms with Crippen LogP contribution in [0.1, 0.15) is 11.7 Å². The minimum absolute atomic E-state index is 0.236. The quantitative estimate of drug-likeness (QED) is 0.723. The molecule has 0 aromatic heterocycles. The fourth-order valence-electron chi connectivity index (χ4n) is 3.27. The second kappa shape index (κ2) is 6.59. The van der Waals surface area contributed by atoms with Crippen LogP contribution in [0.5, 0.6) is 0 Å². The molecule has 0 N–H and O–H groups in total. The molecule has 3 aromatic carbocycles. The second-order valence-corrected chi connectivity index (χ2v) is 8.02. The van der Waals surface area contributed by atoms with E-state index < -0.39 is 10.0 Å². The molecule has 25 heavy (non-hydrogen) atoms. The van der Waals surface area contributed by atoms with E-state index in [0.29, 0.717) is 24.6 Å². The Hall–Kier alpha value is -2.21. The van der Waals surface area contributed by atoms with Gasteiger partial charge in [0, 0.05) is 18.5 Å². The number of morpholine rings is 1. The predicted molar refractivity (Wildman–Crippen MR) is 97.8 cm³/mol. The van der Waals surface area contributed by atoms with Crippen molar-refractivity contribution in [1.29, 1.82) is 0 Å². The van der Waals surface area contributed by atoms with Gasteiger partial charge in [0.1, 0.15) is 0 Å². The Labute approximate surface area is 147 Å². The Kier molecular flexibility index (Phi) is 4.29. The first kappa shape index (κ1) is 16.3. The molecular weight excluding hydrogens is 334 g/mol. The standard InChI is InChI=1S/C20H19NO3S/c22-25(23,20-12-6-10-16-7-4-5-11-18(16)20)21-13-14-24-19(15-21)17-8-2-1-3-9-17/h1-12,19H,13-15H2. The topological polar surface area (TPSA) is 46.6 Å². The Morgan fingerprint density at radius 3 is 2.44 bits per heavy atom. The Morgan fingerprint density at radius 1 is 0.880 bits per heavy atom. The molecule has 0 amide bonds. The lowest BCUT2D eigenvalue weighted by molar-refractivity contribution is -0.00253. The molecule has 0 spiro atoms. The number of sulfonamides is 1. The molecule has 0 bridgehead atoms. The Morgan fingerprint density at radius 2 is 1.60 bits per heavy atom. The van der Waals surface area contributed by atoms with E-state index in [1.165, 1.54) is 4.31 Å². The predicted octanol–water partition coefficient (Wildman–Crippen LogP) is 3.60. The van der Waals surface area contributed by atoms with Gasteiger partial charge in [0.05, 0.1) is 17.6 Å². The third kappa shape index (κ3) is 3.06. The van der Waals surface area contributed by atoms with Gasteiger partial charge in [-0.05, 0) is 17.0 Å². The summed E-state index contributed by atoms with van der Waals surface area (Å²) in [5, 5.41) is 1.68. The summed E-state index contributed by atoms with van der Waals surface area (Å²) in [6, 6.07) is 22.8. The van der Waals surface area contributed by atoms with E-state index in [0.717, 1.165) is 16.3 Å². The molecule has 1 aliphatic rings. The lowest BCUT2D eigenvalue weighted by Crippen LogP contribution is -2.42. The number of hydrogen-bond donors (Lipinski definition) is 0. The summed E-state index contributed by atoms with van der Waals surface area (Å²) in [6.07, 6.45) is -0.236. The fourth-order valence-corrected chi connectivity index (χ4v) is 4.91. The fraction of sp³-hybridized carbons (Fsp3) is 0.200. The van der Waals surface area contributed by atoms with Crippen LogP contribution >= 0.6 is 0 Å². The van der Waals surface area contributed by atoms with Crippen LogP contribution in [0.15, 0.2) is 77.7 Å². The van der Waals surface area contributed by atoms with E-state index in [2.05, 4.69) is 0 Å². The molecule has 1 heterocycles. The van der Waals surface area contributed by atoms with Crippen molar-refractivity contribution in [2.75, 3.05) is 19.7 Å². The van der Waals surface area contributed by atoms with Gasteiger partial charge in [-0.1, -0.05) is 66.7 Å². The number of ether oxygens (including phenoxy) is 1. The van der Waals surface area contributed by atoms with Crippen LogP contribution in [0.4, 0.5) is 0 Å². The highest BCUT2D eigenvalue weighted by atomic mass is 32.2. The van der Waals surface area contributed by atoms with Crippen LogP contribution in [0.2, 0.25) is 0 Å². The second-order valence-electron chi connectivity index (χ2n) is 6.11. The maximum atomic E-state index is 13.2. The minimum atomic E-state index is -3.58. The van der Waals surface area contributed by atoms with Crippen LogP contribution in [0.3, 0.4) is 0 Å². The van der Waals surface area contributed by atoms with E-state index >= 15 is 0 Å². The molecule has 1 atom stereocenters. The summed E-state index contributed by atoms with van der Waals surface area (Å²) < 4.78 is 33.8. The normalized spacial score (nSPS) is 19.1. The molecular formula is C20H19NO3S. The minimum Gasteiger partial charge on any atom is -0.371 e. The van der Waals surface area contributed by atoms with Gasteiger partial charge in [-0.15, -0.1) is 0 Å². The van der Waals surface area contributed by atoms with Crippen LogP contribution < -0.4 is 0 Å². The monoisotopic (exact) mass is 353 g/mol. The van der Waals surface area contributed by atoms with E-state index in [1.54, 1.807) is 12.1 Å². The summed E-state index contributed by atoms with van der Waals surface area (Å²) in [5.74, 6) is 0.